The molecule has 3 heterocycles. The first-order chi connectivity index (χ1) is 12.9. The summed E-state index contributed by atoms with van der Waals surface area (Å²) >= 11 is 0. The van der Waals surface area contributed by atoms with Crippen LogP contribution in [0.25, 0.3) is 11.3 Å². The summed E-state index contributed by atoms with van der Waals surface area (Å²) in [4.78, 5) is 12.0. The lowest BCUT2D eigenvalue weighted by molar-refractivity contribution is -0.221. The molecule has 27 heavy (non-hydrogen) atoms. The molecule has 3 aliphatic carbocycles. The van der Waals surface area contributed by atoms with E-state index in [1.54, 1.807) is 0 Å². The minimum Gasteiger partial charge on any atom is -0.383 e. The van der Waals surface area contributed by atoms with E-state index in [1.165, 1.54) is 25.1 Å². The molecule has 1 saturated heterocycles. The van der Waals surface area contributed by atoms with Gasteiger partial charge in [-0.1, -0.05) is 13.8 Å². The Labute approximate surface area is 160 Å². The van der Waals surface area contributed by atoms with Crippen LogP contribution in [0.15, 0.2) is 18.5 Å². The Morgan fingerprint density at radius 2 is 1.85 bits per heavy atom. The standard InChI is InChI=1S/C21H29N5O/c1-14(2)19-24-17(16-8-15(3)18(22)23-9-16)10-26(19)21-11-20(12-21,13-21)25-4-6-27-7-5-25/h8-10,14H,4-7,11-13H2,1-3H3,(H2,22,23). The molecular formula is C21H29N5O. The molecule has 1 aliphatic heterocycles. The summed E-state index contributed by atoms with van der Waals surface area (Å²) in [5.41, 5.74) is 9.64. The third-order valence-electron chi connectivity index (χ3n) is 6.83. The Kier molecular flexibility index (Phi) is 3.69. The van der Waals surface area contributed by atoms with Gasteiger partial charge in [0.25, 0.3) is 0 Å². The summed E-state index contributed by atoms with van der Waals surface area (Å²) in [6.45, 7) is 10.4. The van der Waals surface area contributed by atoms with Crippen LogP contribution in [-0.2, 0) is 10.3 Å². The second-order valence-electron chi connectivity index (χ2n) is 9.01. The predicted molar refractivity (Wildman–Crippen MR) is 106 cm³/mol. The van der Waals surface area contributed by atoms with Crippen molar-refractivity contribution in [2.75, 3.05) is 32.0 Å². The van der Waals surface area contributed by atoms with E-state index in [0.717, 1.165) is 43.1 Å². The highest BCUT2D eigenvalue weighted by Gasteiger charge is 2.71. The van der Waals surface area contributed by atoms with E-state index in [4.69, 9.17) is 15.5 Å². The highest BCUT2D eigenvalue weighted by atomic mass is 16.5. The van der Waals surface area contributed by atoms with Crippen molar-refractivity contribution in [2.45, 2.75) is 57.0 Å². The summed E-state index contributed by atoms with van der Waals surface area (Å²) < 4.78 is 8.03. The Hall–Kier alpha value is -1.92. The number of imidazole rings is 1. The first-order valence-electron chi connectivity index (χ1n) is 10.1. The summed E-state index contributed by atoms with van der Waals surface area (Å²) in [5, 5.41) is 0. The zero-order valence-electron chi connectivity index (χ0n) is 16.5. The topological polar surface area (TPSA) is 69.2 Å². The molecule has 4 fully saturated rings. The van der Waals surface area contributed by atoms with E-state index >= 15 is 0 Å². The average molecular weight is 367 g/mol. The molecule has 6 nitrogen and oxygen atoms in total. The molecule has 0 atom stereocenters. The number of nitrogen functional groups attached to an aromatic ring is 1. The van der Waals surface area contributed by atoms with Crippen molar-refractivity contribution >= 4 is 5.82 Å². The number of pyridine rings is 1. The lowest BCUT2D eigenvalue weighted by Gasteiger charge is -2.74. The second kappa shape index (κ2) is 5.79. The molecule has 6 heteroatoms. The molecule has 2 bridgehead atoms. The van der Waals surface area contributed by atoms with Gasteiger partial charge in [-0.25, -0.2) is 9.97 Å². The van der Waals surface area contributed by atoms with Crippen LogP contribution in [0.2, 0.25) is 0 Å². The number of nitrogens with zero attached hydrogens (tertiary/aromatic N) is 4. The van der Waals surface area contributed by atoms with Crippen LogP contribution in [-0.4, -0.2) is 51.3 Å². The van der Waals surface area contributed by atoms with Gasteiger partial charge in [0.15, 0.2) is 0 Å². The van der Waals surface area contributed by atoms with Gasteiger partial charge in [0, 0.05) is 42.5 Å². The van der Waals surface area contributed by atoms with Crippen LogP contribution < -0.4 is 5.73 Å². The number of morpholine rings is 1. The summed E-state index contributed by atoms with van der Waals surface area (Å²) in [6.07, 6.45) is 7.83. The summed E-state index contributed by atoms with van der Waals surface area (Å²) in [5.74, 6) is 2.18. The van der Waals surface area contributed by atoms with E-state index in [1.807, 2.05) is 13.1 Å². The van der Waals surface area contributed by atoms with Crippen molar-refractivity contribution in [1.29, 1.82) is 0 Å². The lowest BCUT2D eigenvalue weighted by Crippen LogP contribution is -2.79. The molecular weight excluding hydrogens is 338 g/mol. The molecule has 2 aromatic heterocycles. The Morgan fingerprint density at radius 1 is 1.15 bits per heavy atom. The fraction of sp³-hybridized carbons (Fsp3) is 0.619. The van der Waals surface area contributed by atoms with Gasteiger partial charge < -0.3 is 15.0 Å². The van der Waals surface area contributed by atoms with Gasteiger partial charge in [0.1, 0.15) is 11.6 Å². The van der Waals surface area contributed by atoms with E-state index in [9.17, 15) is 0 Å². The van der Waals surface area contributed by atoms with E-state index in [0.29, 0.717) is 17.3 Å². The van der Waals surface area contributed by atoms with Crippen molar-refractivity contribution in [3.8, 4) is 11.3 Å². The van der Waals surface area contributed by atoms with Gasteiger partial charge in [-0.3, -0.25) is 4.90 Å². The fourth-order valence-electron chi connectivity index (χ4n) is 5.36. The monoisotopic (exact) mass is 367 g/mol. The van der Waals surface area contributed by atoms with Gasteiger partial charge in [0.2, 0.25) is 0 Å². The molecule has 0 amide bonds. The molecule has 144 valence electrons. The zero-order valence-corrected chi connectivity index (χ0v) is 16.5. The molecule has 2 aromatic rings. The number of aryl methyl sites for hydroxylation is 1. The maximum atomic E-state index is 5.89. The van der Waals surface area contributed by atoms with Crippen molar-refractivity contribution in [1.82, 2.24) is 19.4 Å². The quantitative estimate of drug-likeness (QED) is 0.900. The summed E-state index contributed by atoms with van der Waals surface area (Å²) in [6, 6.07) is 2.09. The Morgan fingerprint density at radius 3 is 2.48 bits per heavy atom. The van der Waals surface area contributed by atoms with Gasteiger partial charge in [0.05, 0.1) is 24.4 Å². The molecule has 2 N–H and O–H groups in total. The van der Waals surface area contributed by atoms with Crippen molar-refractivity contribution in [2.24, 2.45) is 0 Å². The highest BCUT2D eigenvalue weighted by molar-refractivity contribution is 5.61. The third-order valence-corrected chi connectivity index (χ3v) is 6.83. The summed E-state index contributed by atoms with van der Waals surface area (Å²) in [7, 11) is 0. The van der Waals surface area contributed by atoms with Crippen LogP contribution >= 0.6 is 0 Å². The fourth-order valence-corrected chi connectivity index (χ4v) is 5.36. The minimum atomic E-state index is 0.263. The minimum absolute atomic E-state index is 0.263. The van der Waals surface area contributed by atoms with E-state index in [-0.39, 0.29) is 5.54 Å². The first-order valence-corrected chi connectivity index (χ1v) is 10.1. The van der Waals surface area contributed by atoms with Gasteiger partial charge in [-0.05, 0) is 37.8 Å². The Bertz CT molecular complexity index is 861. The normalized spacial score (nSPS) is 30.2. The molecule has 3 saturated carbocycles. The number of ether oxygens (including phenoxy) is 1. The highest BCUT2D eigenvalue weighted by Crippen LogP contribution is 2.68. The Balaban J connectivity index is 1.44. The smallest absolute Gasteiger partial charge is 0.126 e. The van der Waals surface area contributed by atoms with Gasteiger partial charge in [-0.15, -0.1) is 0 Å². The zero-order chi connectivity index (χ0) is 18.8. The SMILES string of the molecule is Cc1cc(-c2cn(C34CC(N5CCOCC5)(C3)C4)c(C(C)C)n2)cnc1N. The van der Waals surface area contributed by atoms with Gasteiger partial charge >= 0.3 is 0 Å². The number of nitrogens with two attached hydrogens (primary N) is 1. The number of hydrogen-bond donors (Lipinski definition) is 1. The molecule has 0 aromatic carbocycles. The third kappa shape index (κ3) is 2.46. The van der Waals surface area contributed by atoms with Gasteiger partial charge in [-0.2, -0.15) is 0 Å². The largest absolute Gasteiger partial charge is 0.383 e. The number of hydrogen-bond acceptors (Lipinski definition) is 5. The number of rotatable bonds is 4. The predicted octanol–water partition coefficient (Wildman–Crippen LogP) is 2.92. The molecule has 0 radical (unpaired) electrons. The van der Waals surface area contributed by atoms with E-state index < -0.39 is 0 Å². The van der Waals surface area contributed by atoms with Crippen LogP contribution in [0.5, 0.6) is 0 Å². The maximum absolute atomic E-state index is 5.89. The molecule has 0 spiro atoms. The van der Waals surface area contributed by atoms with Crippen LogP contribution in [0.1, 0.15) is 50.4 Å². The van der Waals surface area contributed by atoms with Crippen molar-refractivity contribution in [3.05, 3.63) is 29.8 Å². The average Bonchev–Trinajstić information content (AvgIpc) is 3.01. The number of aromatic nitrogens is 3. The number of anilines is 1. The second-order valence-corrected chi connectivity index (χ2v) is 9.01. The van der Waals surface area contributed by atoms with Crippen LogP contribution in [0, 0.1) is 6.92 Å². The maximum Gasteiger partial charge on any atom is 0.126 e. The van der Waals surface area contributed by atoms with Crippen molar-refractivity contribution in [3.63, 3.8) is 0 Å². The van der Waals surface area contributed by atoms with Crippen molar-refractivity contribution < 1.29 is 4.74 Å². The molecule has 0 unspecified atom stereocenters. The molecule has 4 aliphatic rings. The lowest BCUT2D eigenvalue weighted by atomic mass is 9.43. The molecule has 6 rings (SSSR count). The van der Waals surface area contributed by atoms with Crippen LogP contribution in [0.3, 0.4) is 0 Å². The van der Waals surface area contributed by atoms with Crippen LogP contribution in [0.4, 0.5) is 5.82 Å². The van der Waals surface area contributed by atoms with E-state index in [2.05, 4.69) is 40.6 Å². The first kappa shape index (κ1) is 17.2.